The van der Waals surface area contributed by atoms with Gasteiger partial charge >= 0.3 is 18.0 Å². The van der Waals surface area contributed by atoms with Gasteiger partial charge in [0.1, 0.15) is 5.75 Å². The van der Waals surface area contributed by atoms with Crippen LogP contribution in [0.3, 0.4) is 0 Å². The maximum atomic E-state index is 11.8. The van der Waals surface area contributed by atoms with Crippen molar-refractivity contribution >= 4 is 5.97 Å². The second-order valence-electron chi connectivity index (χ2n) is 2.68. The lowest BCUT2D eigenvalue weighted by atomic mass is 10.2. The first kappa shape index (κ1) is 12.0. The van der Waals surface area contributed by atoms with E-state index >= 15 is 0 Å². The van der Waals surface area contributed by atoms with Crippen LogP contribution in [0.25, 0.3) is 0 Å². The molecule has 0 aliphatic heterocycles. The molecule has 0 bridgehead atoms. The van der Waals surface area contributed by atoms with Crippen LogP contribution < -0.4 is 4.74 Å². The summed E-state index contributed by atoms with van der Waals surface area (Å²) in [6.07, 6.45) is -2.32. The van der Waals surface area contributed by atoms with Crippen LogP contribution >= 0.6 is 0 Å². The molecule has 1 N–H and O–H groups in total. The fraction of sp³-hybridized carbons (Fsp3) is 0.100. The molecule has 6 heteroatoms. The number of esters is 1. The minimum Gasteiger partial charge on any atom is -0.477 e. The molecule has 0 atom stereocenters. The summed E-state index contributed by atoms with van der Waals surface area (Å²) < 4.78 is 32.4. The molecular weight excluding hydrogens is 222 g/mol. The molecule has 0 saturated heterocycles. The monoisotopic (exact) mass is 230 g/mol. The summed E-state index contributed by atoms with van der Waals surface area (Å²) in [5.74, 6) is -2.04. The Kier molecular flexibility index (Phi) is 3.82. The van der Waals surface area contributed by atoms with E-state index in [0.29, 0.717) is 0 Å². The van der Waals surface area contributed by atoms with E-state index in [4.69, 9.17) is 5.11 Å². The minimum atomic E-state index is -2.32. The van der Waals surface area contributed by atoms with Crippen molar-refractivity contribution < 1.29 is 28.2 Å². The van der Waals surface area contributed by atoms with Crippen LogP contribution in [-0.2, 0) is 4.74 Å². The molecule has 0 spiro atoms. The van der Waals surface area contributed by atoms with Crippen LogP contribution in [-0.4, -0.2) is 18.2 Å². The number of benzene rings is 1. The fourth-order valence-corrected chi connectivity index (χ4v) is 0.927. The normalized spacial score (nSPS) is 9.44. The van der Waals surface area contributed by atoms with E-state index in [1.165, 1.54) is 31.4 Å². The first-order valence-corrected chi connectivity index (χ1v) is 4.15. The predicted octanol–water partition coefficient (Wildman–Crippen LogP) is 2.48. The van der Waals surface area contributed by atoms with Crippen molar-refractivity contribution in [1.82, 2.24) is 0 Å². The third-order valence-electron chi connectivity index (χ3n) is 1.65. The van der Waals surface area contributed by atoms with Gasteiger partial charge in [0.25, 0.3) is 0 Å². The Morgan fingerprint density at radius 2 is 1.81 bits per heavy atom. The first-order chi connectivity index (χ1) is 7.54. The molecular formula is C10H8F2O4. The number of ether oxygens (including phenoxy) is 2. The zero-order chi connectivity index (χ0) is 12.1. The lowest BCUT2D eigenvalue weighted by Gasteiger charge is -2.03. The molecule has 0 aliphatic rings. The highest BCUT2D eigenvalue weighted by atomic mass is 19.3. The molecule has 0 amide bonds. The molecule has 0 fully saturated rings. The molecule has 4 nitrogen and oxygen atoms in total. The minimum absolute atomic E-state index is 0.0158. The van der Waals surface area contributed by atoms with E-state index in [1.807, 2.05) is 0 Å². The van der Waals surface area contributed by atoms with E-state index < -0.39 is 18.0 Å². The van der Waals surface area contributed by atoms with Gasteiger partial charge in [-0.1, -0.05) is 0 Å². The highest BCUT2D eigenvalue weighted by Gasteiger charge is 2.08. The summed E-state index contributed by atoms with van der Waals surface area (Å²) in [7, 11) is 1.22. The zero-order valence-electron chi connectivity index (χ0n) is 8.24. The van der Waals surface area contributed by atoms with E-state index in [1.54, 1.807) is 0 Å². The van der Waals surface area contributed by atoms with Crippen LogP contribution in [0.2, 0.25) is 0 Å². The van der Waals surface area contributed by atoms with Crippen molar-refractivity contribution in [3.05, 3.63) is 41.9 Å². The van der Waals surface area contributed by atoms with Gasteiger partial charge in [0.05, 0.1) is 12.7 Å². The van der Waals surface area contributed by atoms with Crippen LogP contribution in [0.5, 0.6) is 5.75 Å². The molecule has 0 aliphatic carbocycles. The average molecular weight is 230 g/mol. The number of carbonyl (C=O) groups is 1. The Labute approximate surface area is 89.7 Å². The molecule has 0 heterocycles. The van der Waals surface area contributed by atoms with Gasteiger partial charge < -0.3 is 14.6 Å². The van der Waals surface area contributed by atoms with E-state index in [0.717, 1.165) is 0 Å². The van der Waals surface area contributed by atoms with Gasteiger partial charge in [0.15, 0.2) is 0 Å². The Hall–Kier alpha value is -2.11. The maximum Gasteiger partial charge on any atom is 0.350 e. The Morgan fingerprint density at radius 1 is 1.25 bits per heavy atom. The maximum absolute atomic E-state index is 11.8. The molecule has 0 saturated carbocycles. The number of carbonyl (C=O) groups excluding carboxylic acids is 1. The Balaban J connectivity index is 2.80. The van der Waals surface area contributed by atoms with Crippen molar-refractivity contribution in [3.63, 3.8) is 0 Å². The first-order valence-electron chi connectivity index (χ1n) is 4.15. The van der Waals surface area contributed by atoms with Crippen LogP contribution in [0, 0.1) is 0 Å². The van der Waals surface area contributed by atoms with E-state index in [-0.39, 0.29) is 11.3 Å². The summed E-state index contributed by atoms with van der Waals surface area (Å²) in [6.45, 7) is 0. The predicted molar refractivity (Wildman–Crippen MR) is 50.3 cm³/mol. The number of aliphatic hydroxyl groups is 1. The van der Waals surface area contributed by atoms with Gasteiger partial charge in [0.2, 0.25) is 0 Å². The largest absolute Gasteiger partial charge is 0.477 e. The lowest BCUT2D eigenvalue weighted by Crippen LogP contribution is -2.01. The molecule has 1 aromatic carbocycles. The third kappa shape index (κ3) is 2.94. The van der Waals surface area contributed by atoms with Crippen LogP contribution in [0.15, 0.2) is 36.3 Å². The highest BCUT2D eigenvalue weighted by Crippen LogP contribution is 2.17. The van der Waals surface area contributed by atoms with Crippen molar-refractivity contribution in [2.24, 2.45) is 0 Å². The number of halogens is 2. The summed E-state index contributed by atoms with van der Waals surface area (Å²) in [6, 6.07) is 5.16. The van der Waals surface area contributed by atoms with Gasteiger partial charge in [0, 0.05) is 0 Å². The van der Waals surface area contributed by atoms with Gasteiger partial charge in [-0.05, 0) is 24.3 Å². The summed E-state index contributed by atoms with van der Waals surface area (Å²) in [4.78, 5) is 11.0. The smallest absolute Gasteiger partial charge is 0.350 e. The summed E-state index contributed by atoms with van der Waals surface area (Å²) in [5.41, 5.74) is 0.249. The van der Waals surface area contributed by atoms with Crippen molar-refractivity contribution in [3.8, 4) is 5.75 Å². The standard InChI is InChI=1S/C10H8F2O4/c1-15-9(13)6-2-4-7(5-3-6)16-10(14)8(11)12/h2-5,14H,1H3. The van der Waals surface area contributed by atoms with Gasteiger partial charge in [-0.3, -0.25) is 0 Å². The number of hydrogen-bond acceptors (Lipinski definition) is 4. The average Bonchev–Trinajstić information content (AvgIpc) is 2.28. The summed E-state index contributed by atoms with van der Waals surface area (Å²) in [5, 5.41) is 8.62. The Morgan fingerprint density at radius 3 is 2.25 bits per heavy atom. The number of aliphatic hydroxyl groups excluding tert-OH is 1. The molecule has 86 valence electrons. The molecule has 16 heavy (non-hydrogen) atoms. The zero-order valence-corrected chi connectivity index (χ0v) is 8.24. The Bertz CT molecular complexity index is 407. The van der Waals surface area contributed by atoms with E-state index in [9.17, 15) is 13.6 Å². The van der Waals surface area contributed by atoms with Gasteiger partial charge in [-0.15, -0.1) is 0 Å². The SMILES string of the molecule is COC(=O)c1ccc(OC(O)=C(F)F)cc1. The fourth-order valence-electron chi connectivity index (χ4n) is 0.927. The molecule has 0 unspecified atom stereocenters. The number of rotatable bonds is 3. The quantitative estimate of drug-likeness (QED) is 0.640. The lowest BCUT2D eigenvalue weighted by molar-refractivity contribution is 0.0600. The topological polar surface area (TPSA) is 55.8 Å². The van der Waals surface area contributed by atoms with Crippen molar-refractivity contribution in [2.45, 2.75) is 0 Å². The van der Waals surface area contributed by atoms with Gasteiger partial charge in [-0.25, -0.2) is 4.79 Å². The van der Waals surface area contributed by atoms with Crippen LogP contribution in [0.4, 0.5) is 8.78 Å². The van der Waals surface area contributed by atoms with Crippen molar-refractivity contribution in [1.29, 1.82) is 0 Å². The number of methoxy groups -OCH3 is 1. The van der Waals surface area contributed by atoms with Crippen LogP contribution in [0.1, 0.15) is 10.4 Å². The van der Waals surface area contributed by atoms with E-state index in [2.05, 4.69) is 9.47 Å². The molecule has 0 radical (unpaired) electrons. The molecule has 1 rings (SSSR count). The molecule has 1 aromatic rings. The third-order valence-corrected chi connectivity index (χ3v) is 1.65. The molecule has 0 aromatic heterocycles. The van der Waals surface area contributed by atoms with Crippen molar-refractivity contribution in [2.75, 3.05) is 7.11 Å². The summed E-state index contributed by atoms with van der Waals surface area (Å²) >= 11 is 0. The second-order valence-corrected chi connectivity index (χ2v) is 2.68. The second kappa shape index (κ2) is 5.11. The van der Waals surface area contributed by atoms with Gasteiger partial charge in [-0.2, -0.15) is 8.78 Å². The number of hydrogen-bond donors (Lipinski definition) is 1. The highest BCUT2D eigenvalue weighted by molar-refractivity contribution is 5.89.